The van der Waals surface area contributed by atoms with Crippen molar-refractivity contribution in [2.45, 2.75) is 25.9 Å². The largest absolute Gasteiger partial charge is 0.453 e. The van der Waals surface area contributed by atoms with Crippen LogP contribution in [-0.4, -0.2) is 43.4 Å². The first-order valence-electron chi connectivity index (χ1n) is 7.96. The molecule has 0 unspecified atom stereocenters. The van der Waals surface area contributed by atoms with Crippen LogP contribution in [0.4, 0.5) is 24.8 Å². The van der Waals surface area contributed by atoms with Crippen LogP contribution in [0.5, 0.6) is 0 Å². The van der Waals surface area contributed by atoms with Gasteiger partial charge in [-0.3, -0.25) is 5.10 Å². The molecular formula is C15H16F3N9. The van der Waals surface area contributed by atoms with Crippen LogP contribution in [0.3, 0.4) is 0 Å². The smallest absolute Gasteiger partial charge is 0.381 e. The third-order valence-electron chi connectivity index (χ3n) is 3.97. The average molecular weight is 379 g/mol. The highest BCUT2D eigenvalue weighted by Crippen LogP contribution is 2.27. The topological polar surface area (TPSA) is 125 Å². The van der Waals surface area contributed by atoms with Gasteiger partial charge in [-0.1, -0.05) is 0 Å². The van der Waals surface area contributed by atoms with Crippen LogP contribution in [0.15, 0.2) is 6.07 Å². The minimum absolute atomic E-state index is 0.114. The number of alkyl halides is 3. The van der Waals surface area contributed by atoms with Crippen LogP contribution in [-0.2, 0) is 12.6 Å². The number of nitrogen functional groups attached to an aromatic ring is 1. The second-order valence-electron chi connectivity index (χ2n) is 6.00. The molecule has 3 N–H and O–H groups in total. The molecule has 3 aromatic heterocycles. The maximum absolute atomic E-state index is 12.9. The molecule has 0 saturated carbocycles. The highest BCUT2D eigenvalue weighted by Gasteiger charge is 2.37. The SMILES string of the molecule is Cc1cc(N(C)CCCc2[nH]nc(N)c2C#N)n2nc(C(F)(F)F)nc2n1. The van der Waals surface area contributed by atoms with Crippen molar-refractivity contribution < 1.29 is 13.2 Å². The van der Waals surface area contributed by atoms with Gasteiger partial charge < -0.3 is 10.6 Å². The Morgan fingerprint density at radius 2 is 2.11 bits per heavy atom. The van der Waals surface area contributed by atoms with Crippen molar-refractivity contribution in [3.63, 3.8) is 0 Å². The van der Waals surface area contributed by atoms with E-state index in [2.05, 4.69) is 25.3 Å². The Bertz CT molecular complexity index is 1010. The van der Waals surface area contributed by atoms with Gasteiger partial charge in [0.15, 0.2) is 5.82 Å². The summed E-state index contributed by atoms with van der Waals surface area (Å²) >= 11 is 0. The molecule has 27 heavy (non-hydrogen) atoms. The van der Waals surface area contributed by atoms with E-state index >= 15 is 0 Å². The Labute approximate surface area is 151 Å². The lowest BCUT2D eigenvalue weighted by Gasteiger charge is -2.19. The minimum Gasteiger partial charge on any atom is -0.381 e. The number of aromatic nitrogens is 6. The zero-order valence-electron chi connectivity index (χ0n) is 14.5. The minimum atomic E-state index is -4.65. The maximum atomic E-state index is 12.9. The van der Waals surface area contributed by atoms with E-state index in [9.17, 15) is 13.2 Å². The molecule has 0 aromatic carbocycles. The van der Waals surface area contributed by atoms with Crippen LogP contribution < -0.4 is 10.6 Å². The molecule has 142 valence electrons. The van der Waals surface area contributed by atoms with Gasteiger partial charge in [0.25, 0.3) is 11.6 Å². The average Bonchev–Trinajstić information content (AvgIpc) is 3.17. The number of rotatable bonds is 5. The number of fused-ring (bicyclic) bond motifs is 1. The highest BCUT2D eigenvalue weighted by atomic mass is 19.4. The molecule has 3 aromatic rings. The second kappa shape index (κ2) is 6.75. The molecule has 3 rings (SSSR count). The van der Waals surface area contributed by atoms with E-state index in [-0.39, 0.29) is 11.6 Å². The van der Waals surface area contributed by atoms with Crippen LogP contribution in [0.2, 0.25) is 0 Å². The van der Waals surface area contributed by atoms with Crippen molar-refractivity contribution in [1.82, 2.24) is 29.8 Å². The van der Waals surface area contributed by atoms with Crippen molar-refractivity contribution in [3.05, 3.63) is 28.8 Å². The molecular weight excluding hydrogens is 363 g/mol. The molecule has 0 aliphatic heterocycles. The van der Waals surface area contributed by atoms with Crippen molar-refractivity contribution in [1.29, 1.82) is 5.26 Å². The van der Waals surface area contributed by atoms with E-state index in [0.717, 1.165) is 4.52 Å². The number of anilines is 2. The van der Waals surface area contributed by atoms with Gasteiger partial charge in [0.2, 0.25) is 0 Å². The molecule has 12 heteroatoms. The molecule has 0 aliphatic rings. The summed E-state index contributed by atoms with van der Waals surface area (Å²) in [4.78, 5) is 9.22. The number of nitrogens with one attached hydrogen (secondary N) is 1. The van der Waals surface area contributed by atoms with Crippen molar-refractivity contribution in [2.75, 3.05) is 24.2 Å². The lowest BCUT2D eigenvalue weighted by Crippen LogP contribution is -2.22. The molecule has 0 fully saturated rings. The fourth-order valence-corrected chi connectivity index (χ4v) is 2.67. The number of H-pyrrole nitrogens is 1. The summed E-state index contributed by atoms with van der Waals surface area (Å²) in [5, 5.41) is 19.1. The van der Waals surface area contributed by atoms with Gasteiger partial charge in [-0.15, -0.1) is 5.10 Å². The summed E-state index contributed by atoms with van der Waals surface area (Å²) in [6.07, 6.45) is -3.53. The van der Waals surface area contributed by atoms with Crippen LogP contribution >= 0.6 is 0 Å². The predicted molar refractivity (Wildman–Crippen MR) is 89.8 cm³/mol. The van der Waals surface area contributed by atoms with Crippen LogP contribution in [0.1, 0.15) is 29.2 Å². The molecule has 0 amide bonds. The molecule has 0 atom stereocenters. The summed E-state index contributed by atoms with van der Waals surface area (Å²) in [5.74, 6) is -0.765. The fourth-order valence-electron chi connectivity index (χ4n) is 2.67. The zero-order valence-corrected chi connectivity index (χ0v) is 14.5. The Morgan fingerprint density at radius 3 is 2.78 bits per heavy atom. The van der Waals surface area contributed by atoms with Gasteiger partial charge >= 0.3 is 6.18 Å². The quantitative estimate of drug-likeness (QED) is 0.691. The first-order chi connectivity index (χ1) is 12.7. The predicted octanol–water partition coefficient (Wildman–Crippen LogP) is 1.70. The van der Waals surface area contributed by atoms with E-state index in [0.29, 0.717) is 42.2 Å². The highest BCUT2D eigenvalue weighted by molar-refractivity contribution is 5.51. The van der Waals surface area contributed by atoms with E-state index in [1.165, 1.54) is 0 Å². The standard InChI is InChI=1S/C15H16F3N9/c1-8-6-11(27-14(21-8)22-13(25-27)15(16,17)18)26(2)5-3-4-10-9(7-19)12(20)24-23-10/h6H,3-5H2,1-2H3,(H3,20,23,24). The maximum Gasteiger partial charge on any atom is 0.453 e. The number of aryl methyl sites for hydroxylation is 2. The molecule has 0 spiro atoms. The number of nitrogens with two attached hydrogens (primary N) is 1. The van der Waals surface area contributed by atoms with Gasteiger partial charge in [0.05, 0.1) is 5.69 Å². The number of hydrogen-bond acceptors (Lipinski definition) is 7. The Balaban J connectivity index is 1.80. The number of aromatic amines is 1. The first-order valence-corrected chi connectivity index (χ1v) is 7.96. The molecule has 0 bridgehead atoms. The van der Waals surface area contributed by atoms with E-state index < -0.39 is 12.0 Å². The number of hydrogen-bond donors (Lipinski definition) is 2. The summed E-state index contributed by atoms with van der Waals surface area (Å²) in [7, 11) is 1.73. The normalized spacial score (nSPS) is 11.7. The molecule has 9 nitrogen and oxygen atoms in total. The Hall–Kier alpha value is -3.36. The first kappa shape index (κ1) is 18.4. The van der Waals surface area contributed by atoms with E-state index in [1.807, 2.05) is 6.07 Å². The van der Waals surface area contributed by atoms with Crippen molar-refractivity contribution in [2.24, 2.45) is 0 Å². The number of halogens is 3. The van der Waals surface area contributed by atoms with Gasteiger partial charge in [-0.2, -0.15) is 33.0 Å². The number of nitriles is 1. The molecule has 0 saturated heterocycles. The lowest BCUT2D eigenvalue weighted by atomic mass is 10.1. The van der Waals surface area contributed by atoms with Crippen LogP contribution in [0.25, 0.3) is 5.78 Å². The van der Waals surface area contributed by atoms with Gasteiger partial charge in [0, 0.05) is 25.4 Å². The van der Waals surface area contributed by atoms with Gasteiger partial charge in [-0.25, -0.2) is 4.98 Å². The summed E-state index contributed by atoms with van der Waals surface area (Å²) < 4.78 is 39.8. The molecule has 3 heterocycles. The monoisotopic (exact) mass is 379 g/mol. The summed E-state index contributed by atoms with van der Waals surface area (Å²) in [5.41, 5.74) is 7.06. The third kappa shape index (κ3) is 3.62. The molecule has 0 radical (unpaired) electrons. The van der Waals surface area contributed by atoms with Crippen LogP contribution in [0, 0.1) is 18.3 Å². The Kier molecular flexibility index (Phi) is 4.61. The lowest BCUT2D eigenvalue weighted by molar-refractivity contribution is -0.144. The van der Waals surface area contributed by atoms with Gasteiger partial charge in [0.1, 0.15) is 17.5 Å². The second-order valence-corrected chi connectivity index (χ2v) is 6.00. The van der Waals surface area contributed by atoms with Crippen molar-refractivity contribution >= 4 is 17.4 Å². The Morgan fingerprint density at radius 1 is 1.37 bits per heavy atom. The third-order valence-corrected chi connectivity index (χ3v) is 3.97. The molecule has 0 aliphatic carbocycles. The fraction of sp³-hybridized carbons (Fsp3) is 0.400. The summed E-state index contributed by atoms with van der Waals surface area (Å²) in [6.45, 7) is 2.16. The van der Waals surface area contributed by atoms with Gasteiger partial charge in [-0.05, 0) is 19.8 Å². The van der Waals surface area contributed by atoms with Crippen molar-refractivity contribution in [3.8, 4) is 6.07 Å². The summed E-state index contributed by atoms with van der Waals surface area (Å²) in [6, 6.07) is 3.63. The van der Waals surface area contributed by atoms with E-state index in [1.54, 1.807) is 24.9 Å². The zero-order chi connectivity index (χ0) is 19.8. The van der Waals surface area contributed by atoms with E-state index in [4.69, 9.17) is 11.0 Å². The number of nitrogens with zero attached hydrogens (tertiary/aromatic N) is 7.